The summed E-state index contributed by atoms with van der Waals surface area (Å²) in [4.78, 5) is 29.5. The van der Waals surface area contributed by atoms with Crippen LogP contribution in [-0.2, 0) is 9.84 Å². The van der Waals surface area contributed by atoms with Crippen LogP contribution >= 0.6 is 0 Å². The number of hydrogen-bond acceptors (Lipinski definition) is 8. The number of carbonyl (C=O) groups excluding carboxylic acids is 1. The predicted octanol–water partition coefficient (Wildman–Crippen LogP) is 3.05. The van der Waals surface area contributed by atoms with Crippen LogP contribution in [0.3, 0.4) is 0 Å². The van der Waals surface area contributed by atoms with Crippen LogP contribution in [0.1, 0.15) is 10.4 Å². The van der Waals surface area contributed by atoms with E-state index in [1.807, 2.05) is 11.9 Å². The fourth-order valence-electron chi connectivity index (χ4n) is 4.40. The molecule has 38 heavy (non-hydrogen) atoms. The maximum absolute atomic E-state index is 13.6. The number of amides is 1. The number of nitro groups is 1. The number of anilines is 1. The van der Waals surface area contributed by atoms with Crippen LogP contribution in [0.25, 0.3) is 10.9 Å². The van der Waals surface area contributed by atoms with Gasteiger partial charge < -0.3 is 9.80 Å². The summed E-state index contributed by atoms with van der Waals surface area (Å²) in [5.41, 5.74) is 2.86. The van der Waals surface area contributed by atoms with Gasteiger partial charge in [-0.15, -0.1) is 0 Å². The molecule has 0 spiro atoms. The predicted molar refractivity (Wildman–Crippen MR) is 138 cm³/mol. The Morgan fingerprint density at radius 3 is 2.45 bits per heavy atom. The summed E-state index contributed by atoms with van der Waals surface area (Å²) in [6.45, 7) is 2.66. The summed E-state index contributed by atoms with van der Waals surface area (Å²) in [7, 11) is -2.01. The second kappa shape index (κ2) is 9.84. The number of rotatable bonds is 6. The van der Waals surface area contributed by atoms with E-state index in [2.05, 4.69) is 15.4 Å². The number of halogens is 1. The van der Waals surface area contributed by atoms with Crippen molar-refractivity contribution in [1.29, 1.82) is 0 Å². The molecule has 1 saturated heterocycles. The minimum absolute atomic E-state index is 0.0722. The Labute approximate surface area is 217 Å². The summed E-state index contributed by atoms with van der Waals surface area (Å²) in [5, 5.41) is 16.5. The van der Waals surface area contributed by atoms with Crippen molar-refractivity contribution in [3.8, 4) is 0 Å². The molecule has 0 bridgehead atoms. The topological polar surface area (TPSA) is 131 Å². The Hall–Kier alpha value is -4.36. The Balaban J connectivity index is 1.44. The van der Waals surface area contributed by atoms with Crippen LogP contribution in [0, 0.1) is 15.9 Å². The number of likely N-dealkylation sites (N-methyl/N-ethyl adjacent to an activating group) is 1. The van der Waals surface area contributed by atoms with E-state index in [0.29, 0.717) is 29.7 Å². The zero-order chi connectivity index (χ0) is 27.0. The second-order valence-corrected chi connectivity index (χ2v) is 10.8. The molecule has 196 valence electrons. The molecule has 1 amide bonds. The Kier molecular flexibility index (Phi) is 6.55. The molecule has 11 nitrogen and oxygen atoms in total. The van der Waals surface area contributed by atoms with Gasteiger partial charge in [0.25, 0.3) is 5.91 Å². The van der Waals surface area contributed by atoms with Gasteiger partial charge in [0.1, 0.15) is 17.1 Å². The number of carbonyl (C=O) groups is 1. The van der Waals surface area contributed by atoms with Gasteiger partial charge in [0.05, 0.1) is 26.4 Å². The summed E-state index contributed by atoms with van der Waals surface area (Å²) < 4.78 is 39.5. The summed E-state index contributed by atoms with van der Waals surface area (Å²) in [6.07, 6.45) is 1.36. The molecule has 1 aliphatic heterocycles. The van der Waals surface area contributed by atoms with Crippen molar-refractivity contribution in [2.45, 2.75) is 9.79 Å². The van der Waals surface area contributed by atoms with E-state index in [0.717, 1.165) is 30.0 Å². The van der Waals surface area contributed by atoms with Gasteiger partial charge in [-0.3, -0.25) is 14.9 Å². The number of aromatic nitrogens is 2. The van der Waals surface area contributed by atoms with E-state index < -0.39 is 26.5 Å². The first-order chi connectivity index (χ1) is 18.1. The second-order valence-electron chi connectivity index (χ2n) is 8.90. The van der Waals surface area contributed by atoms with E-state index in [1.54, 1.807) is 12.1 Å². The number of sulfone groups is 1. The van der Waals surface area contributed by atoms with Crippen molar-refractivity contribution in [3.63, 3.8) is 0 Å². The number of nitro benzene ring substituents is 1. The molecule has 0 aliphatic carbocycles. The van der Waals surface area contributed by atoms with Gasteiger partial charge >= 0.3 is 5.69 Å². The van der Waals surface area contributed by atoms with E-state index in [1.165, 1.54) is 42.6 Å². The van der Waals surface area contributed by atoms with Gasteiger partial charge in [0.15, 0.2) is 0 Å². The third kappa shape index (κ3) is 4.68. The first-order valence-corrected chi connectivity index (χ1v) is 13.1. The minimum atomic E-state index is -3.99. The molecule has 5 rings (SSSR count). The number of benzene rings is 3. The average molecular weight is 539 g/mol. The molecule has 1 aliphatic rings. The van der Waals surface area contributed by atoms with Crippen molar-refractivity contribution in [1.82, 2.24) is 14.8 Å². The van der Waals surface area contributed by atoms with E-state index in [-0.39, 0.29) is 21.0 Å². The Morgan fingerprint density at radius 1 is 1.03 bits per heavy atom. The fraction of sp³-hybridized carbons (Fsp3) is 0.200. The van der Waals surface area contributed by atoms with Crippen molar-refractivity contribution >= 4 is 38.0 Å². The van der Waals surface area contributed by atoms with Crippen LogP contribution in [-0.4, -0.2) is 67.3 Å². The molecule has 2 heterocycles. The highest BCUT2D eigenvalue weighted by Gasteiger charge is 2.29. The summed E-state index contributed by atoms with van der Waals surface area (Å²) in [6, 6.07) is 13.4. The maximum atomic E-state index is 13.6. The van der Waals surface area contributed by atoms with Crippen LogP contribution in [0.4, 0.5) is 15.8 Å². The highest BCUT2D eigenvalue weighted by Crippen LogP contribution is 2.33. The molecule has 3 aromatic carbocycles. The highest BCUT2D eigenvalue weighted by molar-refractivity contribution is 7.91. The van der Waals surface area contributed by atoms with Gasteiger partial charge in [0, 0.05) is 31.6 Å². The maximum Gasteiger partial charge on any atom is 0.305 e. The Morgan fingerprint density at radius 2 is 1.74 bits per heavy atom. The lowest BCUT2D eigenvalue weighted by Crippen LogP contribution is -2.44. The van der Waals surface area contributed by atoms with E-state index >= 15 is 0 Å². The van der Waals surface area contributed by atoms with Crippen LogP contribution in [0.5, 0.6) is 0 Å². The molecule has 0 atom stereocenters. The monoisotopic (exact) mass is 538 g/mol. The van der Waals surface area contributed by atoms with Crippen LogP contribution in [0.15, 0.2) is 76.7 Å². The Bertz CT molecular complexity index is 1660. The summed E-state index contributed by atoms with van der Waals surface area (Å²) in [5.74, 6) is -1.41. The van der Waals surface area contributed by atoms with Crippen LogP contribution in [0.2, 0.25) is 0 Å². The molecule has 0 saturated carbocycles. The van der Waals surface area contributed by atoms with Crippen molar-refractivity contribution in [2.24, 2.45) is 0 Å². The molecule has 0 radical (unpaired) electrons. The molecule has 1 aromatic heterocycles. The first-order valence-electron chi connectivity index (χ1n) is 11.7. The smallest absolute Gasteiger partial charge is 0.305 e. The standard InChI is InChI=1S/C25H23FN6O5S/c1-29-10-12-30(13-11-29)23-7-3-6-21(24(23)32(34)35)25(33)28-31-22-9-8-20(14-17(22)16-27-31)38(36,37)19-5-2-4-18(26)15-19/h2-9,14-16H,10-13H2,1H3,(H,28,33). The fourth-order valence-corrected chi connectivity index (χ4v) is 5.73. The molecule has 13 heteroatoms. The third-order valence-corrected chi connectivity index (χ3v) is 8.20. The van der Waals surface area contributed by atoms with Crippen molar-refractivity contribution in [2.75, 3.05) is 43.6 Å². The molecule has 1 N–H and O–H groups in total. The molecule has 1 fully saturated rings. The SMILES string of the molecule is CN1CCN(c2cccc(C(=O)Nn3ncc4cc(S(=O)(=O)c5cccc(F)c5)ccc43)c2[N+](=O)[O-])CC1. The van der Waals surface area contributed by atoms with Crippen LogP contribution < -0.4 is 10.3 Å². The van der Waals surface area contributed by atoms with Gasteiger partial charge in [-0.05, 0) is 55.6 Å². The molecule has 4 aromatic rings. The molecular formula is C25H23FN6O5S. The average Bonchev–Trinajstić information content (AvgIpc) is 3.30. The third-order valence-electron chi connectivity index (χ3n) is 6.45. The van der Waals surface area contributed by atoms with E-state index in [4.69, 9.17) is 0 Å². The zero-order valence-corrected chi connectivity index (χ0v) is 21.1. The van der Waals surface area contributed by atoms with E-state index in [9.17, 15) is 27.7 Å². The zero-order valence-electron chi connectivity index (χ0n) is 20.2. The number of hydrogen-bond donors (Lipinski definition) is 1. The number of para-hydroxylation sites is 1. The number of piperazine rings is 1. The highest BCUT2D eigenvalue weighted by atomic mass is 32.2. The van der Waals surface area contributed by atoms with Crippen molar-refractivity contribution in [3.05, 3.63) is 88.4 Å². The largest absolute Gasteiger partial charge is 0.363 e. The lowest BCUT2D eigenvalue weighted by atomic mass is 10.1. The summed E-state index contributed by atoms with van der Waals surface area (Å²) >= 11 is 0. The minimum Gasteiger partial charge on any atom is -0.363 e. The molecular weight excluding hydrogens is 515 g/mol. The number of nitrogens with one attached hydrogen (secondary N) is 1. The number of nitrogens with zero attached hydrogens (tertiary/aromatic N) is 5. The van der Waals surface area contributed by atoms with Gasteiger partial charge in [-0.2, -0.15) is 9.89 Å². The quantitative estimate of drug-likeness (QED) is 0.293. The lowest BCUT2D eigenvalue weighted by Gasteiger charge is -2.33. The van der Waals surface area contributed by atoms with Gasteiger partial charge in [0.2, 0.25) is 9.84 Å². The van der Waals surface area contributed by atoms with Crippen molar-refractivity contribution < 1.29 is 22.5 Å². The molecule has 0 unspecified atom stereocenters. The number of fused-ring (bicyclic) bond motifs is 1. The van der Waals surface area contributed by atoms with Gasteiger partial charge in [-0.1, -0.05) is 12.1 Å². The normalized spacial score (nSPS) is 14.5. The first kappa shape index (κ1) is 25.3. The lowest BCUT2D eigenvalue weighted by molar-refractivity contribution is -0.384. The van der Waals surface area contributed by atoms with Gasteiger partial charge in [-0.25, -0.2) is 18.2 Å².